The van der Waals surface area contributed by atoms with E-state index in [2.05, 4.69) is 18.4 Å². The summed E-state index contributed by atoms with van der Waals surface area (Å²) in [7, 11) is 0. The van der Waals surface area contributed by atoms with Crippen LogP contribution in [0.3, 0.4) is 0 Å². The zero-order chi connectivity index (χ0) is 9.26. The summed E-state index contributed by atoms with van der Waals surface area (Å²) in [6, 6.07) is 6.09. The molecule has 0 atom stereocenters. The maximum Gasteiger partial charge on any atom is 0.128 e. The van der Waals surface area contributed by atoms with Crippen molar-refractivity contribution < 1.29 is 4.74 Å². The van der Waals surface area contributed by atoms with Crippen molar-refractivity contribution in [2.45, 2.75) is 6.92 Å². The van der Waals surface area contributed by atoms with E-state index in [-0.39, 0.29) is 0 Å². The Balaban J connectivity index is 2.65. The molecule has 0 bridgehead atoms. The number of thiophene rings is 1. The van der Waals surface area contributed by atoms with Crippen LogP contribution in [0.25, 0.3) is 10.8 Å². The van der Waals surface area contributed by atoms with Crippen LogP contribution in [0.15, 0.2) is 23.6 Å². The zero-order valence-corrected chi connectivity index (χ0v) is 8.36. The van der Waals surface area contributed by atoms with Crippen LogP contribution in [-0.4, -0.2) is 6.61 Å². The zero-order valence-electron chi connectivity index (χ0n) is 7.54. The molecule has 2 aromatic rings. The third-order valence-corrected chi connectivity index (χ3v) is 2.83. The van der Waals surface area contributed by atoms with Crippen LogP contribution < -0.4 is 4.74 Å². The molecule has 0 spiro atoms. The number of hydrogen-bond donors (Lipinski definition) is 0. The van der Waals surface area contributed by atoms with E-state index in [1.165, 1.54) is 5.39 Å². The highest BCUT2D eigenvalue weighted by Gasteiger charge is 2.05. The second kappa shape index (κ2) is 3.38. The van der Waals surface area contributed by atoms with Gasteiger partial charge in [0, 0.05) is 10.3 Å². The minimum Gasteiger partial charge on any atom is -0.493 e. The summed E-state index contributed by atoms with van der Waals surface area (Å²) < 4.78 is 5.52. The normalized spacial score (nSPS) is 10.6. The summed E-state index contributed by atoms with van der Waals surface area (Å²) in [4.78, 5) is 1.08. The van der Waals surface area contributed by atoms with Crippen molar-refractivity contribution in [2.24, 2.45) is 0 Å². The average molecular weight is 191 g/mol. The van der Waals surface area contributed by atoms with E-state index in [1.807, 2.05) is 19.1 Å². The maximum atomic E-state index is 5.52. The highest BCUT2D eigenvalue weighted by Crippen LogP contribution is 2.32. The number of rotatable bonds is 2. The Morgan fingerprint density at radius 1 is 1.46 bits per heavy atom. The van der Waals surface area contributed by atoms with Gasteiger partial charge in [-0.05, 0) is 30.7 Å². The molecular weight excluding hydrogens is 180 g/mol. The van der Waals surface area contributed by atoms with E-state index in [0.29, 0.717) is 6.61 Å². The van der Waals surface area contributed by atoms with Crippen LogP contribution >= 0.6 is 11.3 Å². The van der Waals surface area contributed by atoms with Crippen LogP contribution in [0, 0.1) is 6.92 Å². The van der Waals surface area contributed by atoms with Gasteiger partial charge in [0.2, 0.25) is 0 Å². The Morgan fingerprint density at radius 3 is 3.08 bits per heavy atom. The predicted molar refractivity (Wildman–Crippen MR) is 57.5 cm³/mol. The monoisotopic (exact) mass is 191 g/mol. The first-order valence-corrected chi connectivity index (χ1v) is 5.16. The summed E-state index contributed by atoms with van der Waals surface area (Å²) >= 11 is 1.67. The summed E-state index contributed by atoms with van der Waals surface area (Å²) in [5.41, 5.74) is 0. The van der Waals surface area contributed by atoms with Crippen molar-refractivity contribution in [1.82, 2.24) is 0 Å². The first kappa shape index (κ1) is 8.57. The lowest BCUT2D eigenvalue weighted by molar-refractivity contribution is 0.344. The maximum absolute atomic E-state index is 5.52. The lowest BCUT2D eigenvalue weighted by Crippen LogP contribution is -1.91. The molecule has 1 aromatic carbocycles. The third-order valence-electron chi connectivity index (χ3n) is 1.97. The fourth-order valence-corrected chi connectivity index (χ4v) is 2.22. The second-order valence-corrected chi connectivity index (χ2v) is 3.78. The van der Waals surface area contributed by atoms with Gasteiger partial charge < -0.3 is 4.74 Å². The minimum atomic E-state index is 0.703. The van der Waals surface area contributed by atoms with Crippen LogP contribution in [-0.2, 0) is 0 Å². The molecule has 0 saturated heterocycles. The molecule has 2 rings (SSSR count). The van der Waals surface area contributed by atoms with Gasteiger partial charge in [-0.1, -0.05) is 12.1 Å². The molecule has 0 aliphatic rings. The van der Waals surface area contributed by atoms with E-state index in [4.69, 9.17) is 4.74 Å². The summed E-state index contributed by atoms with van der Waals surface area (Å²) in [5, 5.41) is 4.50. The predicted octanol–water partition coefficient (Wildman–Crippen LogP) is 3.48. The van der Waals surface area contributed by atoms with Crippen molar-refractivity contribution in [3.63, 3.8) is 0 Å². The van der Waals surface area contributed by atoms with Gasteiger partial charge in [0.1, 0.15) is 5.75 Å². The molecule has 1 radical (unpaired) electrons. The summed E-state index contributed by atoms with van der Waals surface area (Å²) in [5.74, 6) is 0.950. The van der Waals surface area contributed by atoms with Gasteiger partial charge in [0.25, 0.3) is 0 Å². The molecule has 0 aliphatic carbocycles. The second-order valence-electron chi connectivity index (χ2n) is 2.81. The highest BCUT2D eigenvalue weighted by molar-refractivity contribution is 7.11. The smallest absolute Gasteiger partial charge is 0.128 e. The molecule has 1 heterocycles. The Morgan fingerprint density at radius 2 is 2.31 bits per heavy atom. The quantitative estimate of drug-likeness (QED) is 0.706. The van der Waals surface area contributed by atoms with E-state index in [9.17, 15) is 0 Å². The standard InChI is InChI=1S/C11H11OS/c1-3-12-10-6-4-5-9-7-13-8(2)11(9)10/h4-7H,2-3H2,1H3. The van der Waals surface area contributed by atoms with Gasteiger partial charge in [0.05, 0.1) is 6.61 Å². The van der Waals surface area contributed by atoms with Crippen molar-refractivity contribution in [3.05, 3.63) is 35.4 Å². The molecule has 0 N–H and O–H groups in total. The molecule has 0 unspecified atom stereocenters. The fourth-order valence-electron chi connectivity index (χ4n) is 1.41. The van der Waals surface area contributed by atoms with Crippen molar-refractivity contribution in [3.8, 4) is 5.75 Å². The van der Waals surface area contributed by atoms with E-state index in [1.54, 1.807) is 11.3 Å². The van der Waals surface area contributed by atoms with Crippen LogP contribution in [0.5, 0.6) is 5.75 Å². The minimum absolute atomic E-state index is 0.703. The molecule has 2 heteroatoms. The molecule has 0 fully saturated rings. The van der Waals surface area contributed by atoms with E-state index >= 15 is 0 Å². The van der Waals surface area contributed by atoms with Crippen molar-refractivity contribution in [1.29, 1.82) is 0 Å². The van der Waals surface area contributed by atoms with Gasteiger partial charge in [-0.25, -0.2) is 0 Å². The molecular formula is C11H11OS. The van der Waals surface area contributed by atoms with Crippen LogP contribution in [0.1, 0.15) is 11.8 Å². The number of fused-ring (bicyclic) bond motifs is 1. The van der Waals surface area contributed by atoms with Gasteiger partial charge >= 0.3 is 0 Å². The molecule has 13 heavy (non-hydrogen) atoms. The average Bonchev–Trinajstić information content (AvgIpc) is 2.50. The fraction of sp³-hybridized carbons (Fsp3) is 0.182. The number of benzene rings is 1. The lowest BCUT2D eigenvalue weighted by atomic mass is 10.2. The first-order chi connectivity index (χ1) is 6.33. The van der Waals surface area contributed by atoms with Gasteiger partial charge in [0.15, 0.2) is 0 Å². The highest BCUT2D eigenvalue weighted by atomic mass is 32.1. The Hall–Kier alpha value is -1.02. The molecule has 67 valence electrons. The topological polar surface area (TPSA) is 9.23 Å². The Bertz CT molecular complexity index is 417. The van der Waals surface area contributed by atoms with E-state index in [0.717, 1.165) is 16.0 Å². The van der Waals surface area contributed by atoms with Crippen LogP contribution in [0.2, 0.25) is 0 Å². The number of ether oxygens (including phenoxy) is 1. The van der Waals surface area contributed by atoms with Crippen LogP contribution in [0.4, 0.5) is 0 Å². The molecule has 0 aliphatic heterocycles. The first-order valence-electron chi connectivity index (χ1n) is 4.28. The largest absolute Gasteiger partial charge is 0.493 e. The van der Waals surface area contributed by atoms with Gasteiger partial charge in [-0.3, -0.25) is 0 Å². The van der Waals surface area contributed by atoms with Crippen molar-refractivity contribution >= 4 is 22.1 Å². The van der Waals surface area contributed by atoms with Gasteiger partial charge in [-0.15, -0.1) is 11.3 Å². The molecule has 1 nitrogen and oxygen atoms in total. The molecule has 1 aromatic heterocycles. The van der Waals surface area contributed by atoms with E-state index < -0.39 is 0 Å². The summed E-state index contributed by atoms with van der Waals surface area (Å²) in [6.07, 6.45) is 0. The molecule has 0 saturated carbocycles. The SMILES string of the molecule is [CH2]c1scc2cccc(OCC)c12. The Labute approximate surface area is 82.0 Å². The third kappa shape index (κ3) is 1.42. The Kier molecular flexibility index (Phi) is 2.23. The number of hydrogen-bond acceptors (Lipinski definition) is 2. The summed E-state index contributed by atoms with van der Waals surface area (Å²) in [6.45, 7) is 6.69. The van der Waals surface area contributed by atoms with Crippen molar-refractivity contribution in [2.75, 3.05) is 6.61 Å². The van der Waals surface area contributed by atoms with Gasteiger partial charge in [-0.2, -0.15) is 0 Å². The lowest BCUT2D eigenvalue weighted by Gasteiger charge is -2.04. The molecule has 0 amide bonds.